The van der Waals surface area contributed by atoms with E-state index in [4.69, 9.17) is 18.9 Å². The molecule has 2 heterocycles. The van der Waals surface area contributed by atoms with Gasteiger partial charge < -0.3 is 29.4 Å². The van der Waals surface area contributed by atoms with Crippen molar-refractivity contribution in [3.63, 3.8) is 0 Å². The van der Waals surface area contributed by atoms with E-state index < -0.39 is 6.10 Å². The molecule has 0 aromatic carbocycles. The molecule has 2 fully saturated rings. The van der Waals surface area contributed by atoms with E-state index >= 15 is 0 Å². The van der Waals surface area contributed by atoms with Gasteiger partial charge in [0, 0.05) is 19.7 Å². The average Bonchev–Trinajstić information content (AvgIpc) is 2.93. The first kappa shape index (κ1) is 15.2. The summed E-state index contributed by atoms with van der Waals surface area (Å²) in [5.74, 6) is 0. The highest BCUT2D eigenvalue weighted by Crippen LogP contribution is 2.11. The molecule has 2 aliphatic rings. The van der Waals surface area contributed by atoms with Gasteiger partial charge in [-0.05, 0) is 12.8 Å². The molecular weight excluding hydrogens is 250 g/mol. The number of nitrogens with one attached hydrogen (secondary N) is 1. The van der Waals surface area contributed by atoms with Crippen LogP contribution in [0.3, 0.4) is 0 Å². The van der Waals surface area contributed by atoms with E-state index in [0.29, 0.717) is 46.1 Å². The molecule has 2 N–H and O–H groups in total. The van der Waals surface area contributed by atoms with Crippen molar-refractivity contribution < 1.29 is 24.1 Å². The van der Waals surface area contributed by atoms with Gasteiger partial charge >= 0.3 is 0 Å². The van der Waals surface area contributed by atoms with Gasteiger partial charge in [0.2, 0.25) is 0 Å². The first-order valence-corrected chi connectivity index (χ1v) is 7.12. The molecule has 6 nitrogen and oxygen atoms in total. The molecule has 0 spiro atoms. The third kappa shape index (κ3) is 6.16. The van der Waals surface area contributed by atoms with E-state index in [1.54, 1.807) is 0 Å². The number of hydrogen-bond acceptors (Lipinski definition) is 6. The fourth-order valence-corrected chi connectivity index (χ4v) is 2.24. The highest BCUT2D eigenvalue weighted by molar-refractivity contribution is 4.67. The fraction of sp³-hybridized carbons (Fsp3) is 1.00. The second-order valence-corrected chi connectivity index (χ2v) is 5.05. The number of ether oxygens (including phenoxy) is 4. The lowest BCUT2D eigenvalue weighted by Crippen LogP contribution is -2.40. The Morgan fingerprint density at radius 1 is 1.21 bits per heavy atom. The van der Waals surface area contributed by atoms with E-state index in [1.807, 2.05) is 0 Å². The summed E-state index contributed by atoms with van der Waals surface area (Å²) < 4.78 is 21.7. The van der Waals surface area contributed by atoms with E-state index in [9.17, 15) is 5.11 Å². The summed E-state index contributed by atoms with van der Waals surface area (Å²) in [4.78, 5) is 0. The molecule has 2 saturated heterocycles. The van der Waals surface area contributed by atoms with Crippen molar-refractivity contribution >= 4 is 0 Å². The van der Waals surface area contributed by atoms with Crippen LogP contribution >= 0.6 is 0 Å². The minimum Gasteiger partial charge on any atom is -0.389 e. The zero-order chi connectivity index (χ0) is 13.3. The molecule has 3 unspecified atom stereocenters. The van der Waals surface area contributed by atoms with Crippen LogP contribution in [0.4, 0.5) is 0 Å². The highest BCUT2D eigenvalue weighted by Gasteiger charge is 2.17. The lowest BCUT2D eigenvalue weighted by atomic mass is 10.2. The summed E-state index contributed by atoms with van der Waals surface area (Å²) in [6.45, 7) is 4.91. The lowest BCUT2D eigenvalue weighted by Gasteiger charge is -2.23. The van der Waals surface area contributed by atoms with Crippen molar-refractivity contribution in [3.8, 4) is 0 Å². The molecular formula is C13H25NO5. The predicted octanol–water partition coefficient (Wildman–Crippen LogP) is -0.452. The van der Waals surface area contributed by atoms with Crippen LogP contribution < -0.4 is 5.32 Å². The number of aliphatic hydroxyl groups excluding tert-OH is 1. The number of aliphatic hydroxyl groups is 1. The topological polar surface area (TPSA) is 69.2 Å². The highest BCUT2D eigenvalue weighted by atomic mass is 16.6. The largest absolute Gasteiger partial charge is 0.389 e. The number of rotatable bonds is 8. The maximum Gasteiger partial charge on any atom is 0.0933 e. The van der Waals surface area contributed by atoms with Crippen molar-refractivity contribution in [1.29, 1.82) is 0 Å². The smallest absolute Gasteiger partial charge is 0.0933 e. The monoisotopic (exact) mass is 275 g/mol. The summed E-state index contributed by atoms with van der Waals surface area (Å²) in [6.07, 6.45) is 1.99. The Bertz CT molecular complexity index is 229. The van der Waals surface area contributed by atoms with Crippen LogP contribution in [0.15, 0.2) is 0 Å². The van der Waals surface area contributed by atoms with E-state index in [-0.39, 0.29) is 12.2 Å². The van der Waals surface area contributed by atoms with Gasteiger partial charge in [-0.25, -0.2) is 0 Å². The van der Waals surface area contributed by atoms with Gasteiger partial charge in [-0.15, -0.1) is 0 Å². The summed E-state index contributed by atoms with van der Waals surface area (Å²) in [6, 6.07) is 0. The third-order valence-corrected chi connectivity index (χ3v) is 3.27. The molecule has 3 atom stereocenters. The first-order valence-electron chi connectivity index (χ1n) is 7.12. The van der Waals surface area contributed by atoms with Gasteiger partial charge in [0.25, 0.3) is 0 Å². The Kier molecular flexibility index (Phi) is 7.05. The van der Waals surface area contributed by atoms with Crippen molar-refractivity contribution in [3.05, 3.63) is 0 Å². The van der Waals surface area contributed by atoms with Crippen LogP contribution in [-0.2, 0) is 18.9 Å². The summed E-state index contributed by atoms with van der Waals surface area (Å²) >= 11 is 0. The quantitative estimate of drug-likeness (QED) is 0.625. The van der Waals surface area contributed by atoms with Crippen molar-refractivity contribution in [2.75, 3.05) is 52.7 Å². The molecule has 0 saturated carbocycles. The van der Waals surface area contributed by atoms with Crippen LogP contribution in [0, 0.1) is 0 Å². The zero-order valence-corrected chi connectivity index (χ0v) is 11.4. The molecule has 0 aromatic rings. The Balaban J connectivity index is 1.43. The second kappa shape index (κ2) is 8.84. The minimum absolute atomic E-state index is 0.0914. The Labute approximate surface area is 114 Å². The van der Waals surface area contributed by atoms with E-state index in [1.165, 1.54) is 0 Å². The van der Waals surface area contributed by atoms with Crippen LogP contribution in [0.5, 0.6) is 0 Å². The van der Waals surface area contributed by atoms with Crippen LogP contribution in [-0.4, -0.2) is 76.1 Å². The van der Waals surface area contributed by atoms with Crippen LogP contribution in [0.1, 0.15) is 12.8 Å². The SMILES string of the molecule is OC(CNCC1COCCO1)COCC1CCCO1. The van der Waals surface area contributed by atoms with Gasteiger partial charge in [0.05, 0.1) is 51.3 Å². The zero-order valence-electron chi connectivity index (χ0n) is 11.4. The van der Waals surface area contributed by atoms with Gasteiger partial charge in [0.1, 0.15) is 0 Å². The van der Waals surface area contributed by atoms with Gasteiger partial charge in [-0.3, -0.25) is 0 Å². The summed E-state index contributed by atoms with van der Waals surface area (Å²) in [5.41, 5.74) is 0. The first-order chi connectivity index (χ1) is 9.34. The van der Waals surface area contributed by atoms with Crippen LogP contribution in [0.25, 0.3) is 0 Å². The lowest BCUT2D eigenvalue weighted by molar-refractivity contribution is -0.0873. The van der Waals surface area contributed by atoms with Crippen molar-refractivity contribution in [2.24, 2.45) is 0 Å². The molecule has 112 valence electrons. The molecule has 0 aliphatic carbocycles. The maximum absolute atomic E-state index is 9.75. The molecule has 0 bridgehead atoms. The Morgan fingerprint density at radius 2 is 2.11 bits per heavy atom. The van der Waals surface area contributed by atoms with E-state index in [0.717, 1.165) is 19.4 Å². The molecule has 2 rings (SSSR count). The summed E-state index contributed by atoms with van der Waals surface area (Å²) in [5, 5.41) is 12.9. The Hall–Kier alpha value is -0.240. The number of hydrogen-bond donors (Lipinski definition) is 2. The molecule has 6 heteroatoms. The van der Waals surface area contributed by atoms with E-state index in [2.05, 4.69) is 5.32 Å². The van der Waals surface area contributed by atoms with Crippen molar-refractivity contribution in [2.45, 2.75) is 31.2 Å². The Morgan fingerprint density at radius 3 is 2.84 bits per heavy atom. The fourth-order valence-electron chi connectivity index (χ4n) is 2.24. The molecule has 0 amide bonds. The van der Waals surface area contributed by atoms with Gasteiger partial charge in [-0.2, -0.15) is 0 Å². The maximum atomic E-state index is 9.75. The summed E-state index contributed by atoms with van der Waals surface area (Å²) in [7, 11) is 0. The van der Waals surface area contributed by atoms with Gasteiger partial charge in [0.15, 0.2) is 0 Å². The standard InChI is InChI=1S/C13H25NO5/c15-11(8-17-9-12-2-1-3-18-12)6-14-7-13-10-16-4-5-19-13/h11-15H,1-10H2. The van der Waals surface area contributed by atoms with Crippen molar-refractivity contribution in [1.82, 2.24) is 5.32 Å². The normalized spacial score (nSPS) is 29.5. The van der Waals surface area contributed by atoms with Gasteiger partial charge in [-0.1, -0.05) is 0 Å². The molecule has 19 heavy (non-hydrogen) atoms. The third-order valence-electron chi connectivity index (χ3n) is 3.27. The second-order valence-electron chi connectivity index (χ2n) is 5.05. The van der Waals surface area contributed by atoms with Crippen LogP contribution in [0.2, 0.25) is 0 Å². The minimum atomic E-state index is -0.495. The average molecular weight is 275 g/mol. The molecule has 0 radical (unpaired) electrons. The molecule has 2 aliphatic heterocycles. The molecule has 0 aromatic heterocycles. The predicted molar refractivity (Wildman–Crippen MR) is 69.2 cm³/mol.